The number of carbonyl (C=O) groups excluding carboxylic acids is 3. The number of ether oxygens (including phenoxy) is 2. The maximum atomic E-state index is 12.8. The second-order valence-electron chi connectivity index (χ2n) is 5.96. The van der Waals surface area contributed by atoms with Crippen molar-refractivity contribution in [2.24, 2.45) is 0 Å². The van der Waals surface area contributed by atoms with Gasteiger partial charge in [-0.3, -0.25) is 4.79 Å². The first kappa shape index (κ1) is 20.8. The number of hydrogen-bond acceptors (Lipinski definition) is 6. The number of Topliss-reactive ketones (excluding diaryl/α,β-unsaturated/α-hetero) is 1. The molecule has 1 aromatic heterocycles. The number of rotatable bonds is 7. The number of aryl methyl sites for hydroxylation is 1. The summed E-state index contributed by atoms with van der Waals surface area (Å²) in [5.74, 6) is -1.45. The van der Waals surface area contributed by atoms with Crippen LogP contribution in [-0.2, 0) is 9.47 Å². The van der Waals surface area contributed by atoms with E-state index in [0.717, 1.165) is 4.90 Å². The summed E-state index contributed by atoms with van der Waals surface area (Å²) in [4.78, 5) is 41.0. The van der Waals surface area contributed by atoms with E-state index in [2.05, 4.69) is 4.98 Å². The fourth-order valence-corrected chi connectivity index (χ4v) is 3.39. The standard InChI is InChI=1S/C20H23NO5S/c1-6-25-20(24)16-11(2)17(21-12(16)3)18(22)13(4)26-19(23)14-9-7-8-10-15(14)27-5/h7-10,13,21H,6H2,1-5H3/t13-/m0/s1. The molecule has 0 spiro atoms. The van der Waals surface area contributed by atoms with Crippen molar-refractivity contribution in [2.45, 2.75) is 38.7 Å². The summed E-state index contributed by atoms with van der Waals surface area (Å²) in [6.45, 7) is 6.84. The van der Waals surface area contributed by atoms with Crippen molar-refractivity contribution in [2.75, 3.05) is 12.9 Å². The van der Waals surface area contributed by atoms with Gasteiger partial charge in [-0.1, -0.05) is 12.1 Å². The Morgan fingerprint density at radius 1 is 1.15 bits per heavy atom. The zero-order chi connectivity index (χ0) is 20.1. The van der Waals surface area contributed by atoms with Crippen LogP contribution in [0.5, 0.6) is 0 Å². The van der Waals surface area contributed by atoms with Crippen molar-refractivity contribution in [3.63, 3.8) is 0 Å². The van der Waals surface area contributed by atoms with Crippen LogP contribution in [0.25, 0.3) is 0 Å². The highest BCUT2D eigenvalue weighted by Crippen LogP contribution is 2.23. The third-order valence-electron chi connectivity index (χ3n) is 4.14. The van der Waals surface area contributed by atoms with Crippen molar-refractivity contribution in [1.82, 2.24) is 4.98 Å². The summed E-state index contributed by atoms with van der Waals surface area (Å²) in [5, 5.41) is 0. The Morgan fingerprint density at radius 2 is 1.81 bits per heavy atom. The van der Waals surface area contributed by atoms with Gasteiger partial charge in [0, 0.05) is 10.6 Å². The van der Waals surface area contributed by atoms with Gasteiger partial charge in [0.25, 0.3) is 0 Å². The van der Waals surface area contributed by atoms with E-state index in [1.165, 1.54) is 18.7 Å². The fraction of sp³-hybridized carbons (Fsp3) is 0.350. The summed E-state index contributed by atoms with van der Waals surface area (Å²) in [6.07, 6.45) is 0.863. The second-order valence-corrected chi connectivity index (χ2v) is 6.81. The van der Waals surface area contributed by atoms with Crippen LogP contribution in [0, 0.1) is 13.8 Å². The summed E-state index contributed by atoms with van der Waals surface area (Å²) in [6, 6.07) is 7.05. The van der Waals surface area contributed by atoms with Crippen LogP contribution in [0.2, 0.25) is 0 Å². The van der Waals surface area contributed by atoms with Crippen molar-refractivity contribution in [3.05, 3.63) is 52.3 Å². The van der Waals surface area contributed by atoms with Crippen molar-refractivity contribution in [3.8, 4) is 0 Å². The van der Waals surface area contributed by atoms with E-state index in [4.69, 9.17) is 9.47 Å². The Morgan fingerprint density at radius 3 is 2.44 bits per heavy atom. The summed E-state index contributed by atoms with van der Waals surface area (Å²) >= 11 is 1.43. The normalized spacial score (nSPS) is 11.7. The second kappa shape index (κ2) is 8.90. The molecule has 27 heavy (non-hydrogen) atoms. The van der Waals surface area contributed by atoms with E-state index in [0.29, 0.717) is 22.4 Å². The SMILES string of the molecule is CCOC(=O)c1c(C)[nH]c(C(=O)[C@H](C)OC(=O)c2ccccc2SC)c1C. The number of aromatic amines is 1. The first-order valence-corrected chi connectivity index (χ1v) is 9.78. The van der Waals surface area contributed by atoms with Crippen molar-refractivity contribution in [1.29, 1.82) is 0 Å². The Labute approximate surface area is 162 Å². The molecule has 2 aromatic rings. The van der Waals surface area contributed by atoms with Gasteiger partial charge >= 0.3 is 11.9 Å². The topological polar surface area (TPSA) is 85.5 Å². The van der Waals surface area contributed by atoms with Gasteiger partial charge in [0.1, 0.15) is 0 Å². The number of hydrogen-bond donors (Lipinski definition) is 1. The highest BCUT2D eigenvalue weighted by atomic mass is 32.2. The average molecular weight is 389 g/mol. The highest BCUT2D eigenvalue weighted by Gasteiger charge is 2.28. The monoisotopic (exact) mass is 389 g/mol. The predicted octanol–water partition coefficient (Wildman–Crippen LogP) is 3.96. The van der Waals surface area contributed by atoms with Gasteiger partial charge in [0.15, 0.2) is 6.10 Å². The van der Waals surface area contributed by atoms with E-state index in [-0.39, 0.29) is 12.3 Å². The van der Waals surface area contributed by atoms with Crippen LogP contribution in [0.4, 0.5) is 0 Å². The van der Waals surface area contributed by atoms with E-state index in [9.17, 15) is 14.4 Å². The van der Waals surface area contributed by atoms with Crippen molar-refractivity contribution < 1.29 is 23.9 Å². The molecule has 1 N–H and O–H groups in total. The fourth-order valence-electron chi connectivity index (χ4n) is 2.80. The van der Waals surface area contributed by atoms with E-state index in [1.54, 1.807) is 32.9 Å². The molecule has 2 rings (SSSR count). The minimum absolute atomic E-state index is 0.244. The van der Waals surface area contributed by atoms with Gasteiger partial charge in [-0.15, -0.1) is 11.8 Å². The minimum atomic E-state index is -1.00. The van der Waals surface area contributed by atoms with Gasteiger partial charge in [-0.25, -0.2) is 9.59 Å². The highest BCUT2D eigenvalue weighted by molar-refractivity contribution is 7.98. The van der Waals surface area contributed by atoms with Gasteiger partial charge in [0.2, 0.25) is 5.78 Å². The Bertz CT molecular complexity index is 871. The van der Waals surface area contributed by atoms with Gasteiger partial charge in [-0.2, -0.15) is 0 Å². The minimum Gasteiger partial charge on any atom is -0.462 e. The molecule has 1 atom stereocenters. The van der Waals surface area contributed by atoms with Gasteiger partial charge in [-0.05, 0) is 51.6 Å². The summed E-state index contributed by atoms with van der Waals surface area (Å²) < 4.78 is 10.4. The molecule has 0 radical (unpaired) electrons. The first-order valence-electron chi connectivity index (χ1n) is 8.56. The van der Waals surface area contributed by atoms with Crippen LogP contribution in [-0.4, -0.2) is 41.7 Å². The third kappa shape index (κ3) is 4.42. The van der Waals surface area contributed by atoms with Gasteiger partial charge < -0.3 is 14.5 Å². The average Bonchev–Trinajstić information content (AvgIpc) is 2.95. The number of carbonyl (C=O) groups is 3. The zero-order valence-corrected chi connectivity index (χ0v) is 16.9. The molecule has 1 aromatic carbocycles. The Balaban J connectivity index is 2.22. The zero-order valence-electron chi connectivity index (χ0n) is 16.0. The first-order chi connectivity index (χ1) is 12.8. The smallest absolute Gasteiger partial charge is 0.340 e. The molecule has 0 aliphatic carbocycles. The number of nitrogens with one attached hydrogen (secondary N) is 1. The molecule has 0 saturated heterocycles. The molecule has 0 aliphatic rings. The Hall–Kier alpha value is -2.54. The maximum Gasteiger partial charge on any atom is 0.340 e. The summed E-state index contributed by atoms with van der Waals surface area (Å²) in [7, 11) is 0. The van der Waals surface area contributed by atoms with Crippen LogP contribution in [0.1, 0.15) is 56.3 Å². The molecule has 0 amide bonds. The number of aromatic nitrogens is 1. The molecular formula is C20H23NO5S. The maximum absolute atomic E-state index is 12.8. The van der Waals surface area contributed by atoms with E-state index < -0.39 is 23.8 Å². The third-order valence-corrected chi connectivity index (χ3v) is 4.94. The molecule has 0 saturated carbocycles. The van der Waals surface area contributed by atoms with E-state index in [1.807, 2.05) is 18.4 Å². The predicted molar refractivity (Wildman–Crippen MR) is 104 cm³/mol. The lowest BCUT2D eigenvalue weighted by atomic mass is 10.1. The van der Waals surface area contributed by atoms with Gasteiger partial charge in [0.05, 0.1) is 23.4 Å². The molecule has 0 aliphatic heterocycles. The van der Waals surface area contributed by atoms with E-state index >= 15 is 0 Å². The quantitative estimate of drug-likeness (QED) is 0.438. The van der Waals surface area contributed by atoms with Crippen molar-refractivity contribution >= 4 is 29.5 Å². The van der Waals surface area contributed by atoms with Crippen LogP contribution >= 0.6 is 11.8 Å². The summed E-state index contributed by atoms with van der Waals surface area (Å²) in [5.41, 5.74) is 2.03. The molecule has 144 valence electrons. The molecule has 7 heteroatoms. The Kier molecular flexibility index (Phi) is 6.85. The molecule has 0 bridgehead atoms. The lowest BCUT2D eigenvalue weighted by Gasteiger charge is -2.13. The lowest BCUT2D eigenvalue weighted by Crippen LogP contribution is -2.25. The van der Waals surface area contributed by atoms with Crippen LogP contribution < -0.4 is 0 Å². The lowest BCUT2D eigenvalue weighted by molar-refractivity contribution is 0.0313. The number of thioether (sulfide) groups is 1. The molecule has 0 unspecified atom stereocenters. The number of H-pyrrole nitrogens is 1. The number of esters is 2. The largest absolute Gasteiger partial charge is 0.462 e. The van der Waals surface area contributed by atoms with Crippen LogP contribution in [0.3, 0.4) is 0 Å². The molecule has 1 heterocycles. The molecule has 0 fully saturated rings. The van der Waals surface area contributed by atoms with Crippen LogP contribution in [0.15, 0.2) is 29.2 Å². The number of ketones is 1. The molecule has 6 nitrogen and oxygen atoms in total. The molecular weight excluding hydrogens is 366 g/mol. The number of benzene rings is 1.